The third-order valence-corrected chi connectivity index (χ3v) is 4.74. The number of fused-ring (bicyclic) bond motifs is 1. The van der Waals surface area contributed by atoms with Crippen molar-refractivity contribution in [2.24, 2.45) is 5.92 Å². The molecule has 152 valence electrons. The van der Waals surface area contributed by atoms with Crippen molar-refractivity contribution in [2.45, 2.75) is 39.2 Å². The standard InChI is InChI=1S/C21H28N2O5/c1-21(2,3)28-19(24)14-7-9-23(10-8-14)13-27-16-5-6-17-15(11-16)12-18(22-17)20(25)26-4/h5-6,11-12,14,22H,7-10,13H2,1-4H3. The number of aromatic nitrogens is 1. The van der Waals surface area contributed by atoms with Crippen LogP contribution < -0.4 is 4.74 Å². The highest BCUT2D eigenvalue weighted by molar-refractivity contribution is 5.95. The lowest BCUT2D eigenvalue weighted by Crippen LogP contribution is -2.40. The quantitative estimate of drug-likeness (QED) is 0.791. The molecule has 1 fully saturated rings. The minimum absolute atomic E-state index is 0.0385. The molecule has 2 aromatic rings. The maximum Gasteiger partial charge on any atom is 0.354 e. The van der Waals surface area contributed by atoms with Crippen molar-refractivity contribution in [1.29, 1.82) is 0 Å². The van der Waals surface area contributed by atoms with Crippen molar-refractivity contribution < 1.29 is 23.8 Å². The molecule has 0 atom stereocenters. The molecular formula is C21H28N2O5. The summed E-state index contributed by atoms with van der Waals surface area (Å²) >= 11 is 0. The number of piperidine rings is 1. The van der Waals surface area contributed by atoms with Gasteiger partial charge in [0.05, 0.1) is 13.0 Å². The molecule has 0 bridgehead atoms. The lowest BCUT2D eigenvalue weighted by atomic mass is 9.97. The number of likely N-dealkylation sites (tertiary alicyclic amines) is 1. The van der Waals surface area contributed by atoms with Crippen molar-refractivity contribution in [1.82, 2.24) is 9.88 Å². The van der Waals surface area contributed by atoms with Gasteiger partial charge >= 0.3 is 11.9 Å². The summed E-state index contributed by atoms with van der Waals surface area (Å²) in [7, 11) is 1.36. The molecule has 7 heteroatoms. The van der Waals surface area contributed by atoms with Gasteiger partial charge in [-0.15, -0.1) is 0 Å². The summed E-state index contributed by atoms with van der Waals surface area (Å²) in [6.07, 6.45) is 1.55. The Morgan fingerprint density at radius 1 is 1.18 bits per heavy atom. The minimum Gasteiger partial charge on any atom is -0.478 e. The molecule has 3 rings (SSSR count). The number of hydrogen-bond donors (Lipinski definition) is 1. The first-order chi connectivity index (χ1) is 13.2. The molecule has 1 saturated heterocycles. The van der Waals surface area contributed by atoms with Crippen LogP contribution in [0.2, 0.25) is 0 Å². The largest absolute Gasteiger partial charge is 0.478 e. The van der Waals surface area contributed by atoms with E-state index in [1.807, 2.05) is 39.0 Å². The fourth-order valence-electron chi connectivity index (χ4n) is 3.27. The molecule has 0 unspecified atom stereocenters. The number of methoxy groups -OCH3 is 1. The van der Waals surface area contributed by atoms with E-state index in [-0.39, 0.29) is 11.9 Å². The summed E-state index contributed by atoms with van der Waals surface area (Å²) in [5.41, 5.74) is 0.826. The fraction of sp³-hybridized carbons (Fsp3) is 0.524. The molecule has 28 heavy (non-hydrogen) atoms. The summed E-state index contributed by atoms with van der Waals surface area (Å²) in [5, 5.41) is 0.890. The average Bonchev–Trinajstić information content (AvgIpc) is 3.08. The van der Waals surface area contributed by atoms with Crippen LogP contribution in [0.5, 0.6) is 5.75 Å². The Balaban J connectivity index is 1.51. The van der Waals surface area contributed by atoms with Crippen LogP contribution in [-0.4, -0.2) is 54.4 Å². The Bertz CT molecular complexity index is 844. The van der Waals surface area contributed by atoms with Crippen molar-refractivity contribution in [2.75, 3.05) is 26.9 Å². The van der Waals surface area contributed by atoms with E-state index < -0.39 is 11.6 Å². The highest BCUT2D eigenvalue weighted by Gasteiger charge is 2.29. The van der Waals surface area contributed by atoms with Gasteiger partial charge < -0.3 is 19.2 Å². The number of aromatic amines is 1. The zero-order chi connectivity index (χ0) is 20.3. The Kier molecular flexibility index (Phi) is 5.93. The number of H-pyrrole nitrogens is 1. The molecule has 0 spiro atoms. The predicted molar refractivity (Wildman–Crippen MR) is 105 cm³/mol. The maximum atomic E-state index is 12.2. The van der Waals surface area contributed by atoms with Gasteiger partial charge in [0.2, 0.25) is 0 Å². The number of esters is 2. The van der Waals surface area contributed by atoms with Gasteiger partial charge in [-0.3, -0.25) is 9.69 Å². The molecule has 1 aromatic carbocycles. The van der Waals surface area contributed by atoms with E-state index >= 15 is 0 Å². The molecular weight excluding hydrogens is 360 g/mol. The number of rotatable bonds is 5. The summed E-state index contributed by atoms with van der Waals surface area (Å²) in [6.45, 7) is 7.72. The average molecular weight is 388 g/mol. The summed E-state index contributed by atoms with van der Waals surface area (Å²) in [4.78, 5) is 29.0. The lowest BCUT2D eigenvalue weighted by Gasteiger charge is -2.32. The number of carbonyl (C=O) groups is 2. The SMILES string of the molecule is COC(=O)c1cc2cc(OCN3CCC(C(=O)OC(C)(C)C)CC3)ccc2[nH]1. The van der Waals surface area contributed by atoms with Gasteiger partial charge in [0.25, 0.3) is 0 Å². The molecule has 7 nitrogen and oxygen atoms in total. The topological polar surface area (TPSA) is 80.9 Å². The number of hydrogen-bond acceptors (Lipinski definition) is 6. The van der Waals surface area contributed by atoms with E-state index in [0.717, 1.165) is 42.6 Å². The van der Waals surface area contributed by atoms with Crippen LogP contribution in [0.3, 0.4) is 0 Å². The molecule has 2 heterocycles. The van der Waals surface area contributed by atoms with Crippen LogP contribution in [0.1, 0.15) is 44.1 Å². The maximum absolute atomic E-state index is 12.2. The number of nitrogens with one attached hydrogen (secondary N) is 1. The Hall–Kier alpha value is -2.54. The first kappa shape index (κ1) is 20.2. The second-order valence-corrected chi connectivity index (χ2v) is 8.12. The predicted octanol–water partition coefficient (Wildman–Crippen LogP) is 3.34. The first-order valence-electron chi connectivity index (χ1n) is 9.54. The Morgan fingerprint density at radius 3 is 2.54 bits per heavy atom. The van der Waals surface area contributed by atoms with E-state index in [1.165, 1.54) is 7.11 Å². The smallest absolute Gasteiger partial charge is 0.354 e. The molecule has 0 radical (unpaired) electrons. The number of nitrogens with zero attached hydrogens (tertiary/aromatic N) is 1. The van der Waals surface area contributed by atoms with Gasteiger partial charge in [0, 0.05) is 24.0 Å². The van der Waals surface area contributed by atoms with Crippen LogP contribution in [0.4, 0.5) is 0 Å². The molecule has 1 aliphatic rings. The summed E-state index contributed by atoms with van der Waals surface area (Å²) in [5.74, 6) is 0.194. The van der Waals surface area contributed by atoms with Crippen molar-refractivity contribution in [3.8, 4) is 5.75 Å². The van der Waals surface area contributed by atoms with E-state index in [4.69, 9.17) is 14.2 Å². The lowest BCUT2D eigenvalue weighted by molar-refractivity contribution is -0.161. The van der Waals surface area contributed by atoms with Crippen molar-refractivity contribution in [3.63, 3.8) is 0 Å². The third kappa shape index (κ3) is 5.04. The third-order valence-electron chi connectivity index (χ3n) is 4.74. The van der Waals surface area contributed by atoms with Crippen LogP contribution in [0.25, 0.3) is 10.9 Å². The number of ether oxygens (including phenoxy) is 3. The number of carbonyl (C=O) groups excluding carboxylic acids is 2. The van der Waals surface area contributed by atoms with Crippen LogP contribution >= 0.6 is 0 Å². The van der Waals surface area contributed by atoms with E-state index in [1.54, 1.807) is 6.07 Å². The van der Waals surface area contributed by atoms with Gasteiger partial charge in [-0.2, -0.15) is 0 Å². The van der Waals surface area contributed by atoms with Crippen molar-refractivity contribution in [3.05, 3.63) is 30.0 Å². The van der Waals surface area contributed by atoms with E-state index in [2.05, 4.69) is 9.88 Å². The van der Waals surface area contributed by atoms with Gasteiger partial charge in [0.1, 0.15) is 23.8 Å². The molecule has 0 saturated carbocycles. The second kappa shape index (κ2) is 8.22. The van der Waals surface area contributed by atoms with Gasteiger partial charge in [-0.05, 0) is 57.9 Å². The summed E-state index contributed by atoms with van der Waals surface area (Å²) < 4.78 is 16.1. The van der Waals surface area contributed by atoms with Crippen LogP contribution in [0.15, 0.2) is 24.3 Å². The first-order valence-corrected chi connectivity index (χ1v) is 9.54. The van der Waals surface area contributed by atoms with E-state index in [0.29, 0.717) is 12.4 Å². The minimum atomic E-state index is -0.443. The van der Waals surface area contributed by atoms with Crippen LogP contribution in [-0.2, 0) is 14.3 Å². The zero-order valence-electron chi connectivity index (χ0n) is 16.9. The van der Waals surface area contributed by atoms with Crippen molar-refractivity contribution >= 4 is 22.8 Å². The normalized spacial score (nSPS) is 16.1. The highest BCUT2D eigenvalue weighted by Crippen LogP contribution is 2.24. The molecule has 0 amide bonds. The fourth-order valence-corrected chi connectivity index (χ4v) is 3.27. The summed E-state index contributed by atoms with van der Waals surface area (Å²) in [6, 6.07) is 7.39. The van der Waals surface area contributed by atoms with E-state index in [9.17, 15) is 9.59 Å². The number of benzene rings is 1. The van der Waals surface area contributed by atoms with Gasteiger partial charge in [-0.25, -0.2) is 4.79 Å². The monoisotopic (exact) mass is 388 g/mol. The zero-order valence-corrected chi connectivity index (χ0v) is 16.9. The van der Waals surface area contributed by atoms with Gasteiger partial charge in [-0.1, -0.05) is 0 Å². The molecule has 1 aromatic heterocycles. The Labute approximate surface area is 164 Å². The molecule has 1 aliphatic heterocycles. The Morgan fingerprint density at radius 2 is 1.89 bits per heavy atom. The highest BCUT2D eigenvalue weighted by atomic mass is 16.6. The molecule has 0 aliphatic carbocycles. The van der Waals surface area contributed by atoms with Gasteiger partial charge in [0.15, 0.2) is 0 Å². The second-order valence-electron chi connectivity index (χ2n) is 8.12. The molecule has 1 N–H and O–H groups in total. The van der Waals surface area contributed by atoms with Crippen LogP contribution in [0, 0.1) is 5.92 Å².